The number of hydrogen-bond acceptors (Lipinski definition) is 4. The Kier molecular flexibility index (Phi) is 5.32. The summed E-state index contributed by atoms with van der Waals surface area (Å²) >= 11 is 0. The lowest BCUT2D eigenvalue weighted by Crippen LogP contribution is -2.37. The van der Waals surface area contributed by atoms with Crippen molar-refractivity contribution in [1.82, 2.24) is 9.88 Å². The van der Waals surface area contributed by atoms with E-state index < -0.39 is 0 Å². The van der Waals surface area contributed by atoms with Crippen molar-refractivity contribution in [2.75, 3.05) is 44.3 Å². The molecule has 3 rings (SSSR count). The number of aryl methyl sites for hydroxylation is 1. The van der Waals surface area contributed by atoms with E-state index in [1.165, 1.54) is 49.9 Å². The molecular formula is C18H29N3O. The van der Waals surface area contributed by atoms with Gasteiger partial charge in [-0.25, -0.2) is 4.98 Å². The highest BCUT2D eigenvalue weighted by atomic mass is 16.5. The van der Waals surface area contributed by atoms with Crippen molar-refractivity contribution in [2.45, 2.75) is 45.6 Å². The van der Waals surface area contributed by atoms with Crippen LogP contribution < -0.4 is 4.90 Å². The quantitative estimate of drug-likeness (QED) is 0.854. The second-order valence-corrected chi connectivity index (χ2v) is 6.55. The number of aromatic nitrogens is 1. The monoisotopic (exact) mass is 303 g/mol. The van der Waals surface area contributed by atoms with Crippen LogP contribution in [0.4, 0.5) is 5.82 Å². The molecule has 1 aromatic heterocycles. The molecule has 0 spiro atoms. The number of piperidine rings is 1. The van der Waals surface area contributed by atoms with Gasteiger partial charge in [-0.3, -0.25) is 4.90 Å². The second kappa shape index (κ2) is 7.42. The van der Waals surface area contributed by atoms with Crippen molar-refractivity contribution >= 4 is 5.82 Å². The van der Waals surface area contributed by atoms with Gasteiger partial charge in [0.1, 0.15) is 5.82 Å². The molecule has 0 radical (unpaired) electrons. The van der Waals surface area contributed by atoms with Crippen molar-refractivity contribution in [2.24, 2.45) is 0 Å². The molecule has 2 saturated heterocycles. The molecule has 122 valence electrons. The molecule has 3 heterocycles. The molecule has 2 aliphatic heterocycles. The maximum atomic E-state index is 5.44. The van der Waals surface area contributed by atoms with Crippen LogP contribution in [0.1, 0.15) is 49.8 Å². The van der Waals surface area contributed by atoms with Crippen LogP contribution in [0.3, 0.4) is 0 Å². The van der Waals surface area contributed by atoms with E-state index in [1.807, 2.05) is 0 Å². The predicted octanol–water partition coefficient (Wildman–Crippen LogP) is 3.16. The first-order valence-corrected chi connectivity index (χ1v) is 8.83. The van der Waals surface area contributed by atoms with Gasteiger partial charge < -0.3 is 9.64 Å². The van der Waals surface area contributed by atoms with Crippen LogP contribution in [0.5, 0.6) is 0 Å². The number of ether oxygens (including phenoxy) is 1. The lowest BCUT2D eigenvalue weighted by Gasteiger charge is -2.37. The minimum atomic E-state index is 0.569. The predicted molar refractivity (Wildman–Crippen MR) is 90.5 cm³/mol. The SMILES string of the molecule is CCCN1CCCC[C@@H]1c1cnc(N2CCOCC2)cc1C. The highest BCUT2D eigenvalue weighted by Gasteiger charge is 2.25. The normalized spacial score (nSPS) is 23.7. The minimum Gasteiger partial charge on any atom is -0.378 e. The molecule has 1 atom stereocenters. The van der Waals surface area contributed by atoms with Crippen molar-refractivity contribution in [1.29, 1.82) is 0 Å². The molecule has 2 aliphatic rings. The van der Waals surface area contributed by atoms with E-state index in [-0.39, 0.29) is 0 Å². The number of nitrogens with zero attached hydrogens (tertiary/aromatic N) is 3. The van der Waals surface area contributed by atoms with Crippen LogP contribution in [0.25, 0.3) is 0 Å². The van der Waals surface area contributed by atoms with E-state index in [4.69, 9.17) is 9.72 Å². The molecule has 0 aromatic carbocycles. The lowest BCUT2D eigenvalue weighted by molar-refractivity contribution is 0.122. The molecule has 22 heavy (non-hydrogen) atoms. The summed E-state index contributed by atoms with van der Waals surface area (Å²) in [5.41, 5.74) is 2.83. The Morgan fingerprint density at radius 1 is 1.23 bits per heavy atom. The van der Waals surface area contributed by atoms with Gasteiger partial charge in [0, 0.05) is 25.3 Å². The average molecular weight is 303 g/mol. The van der Waals surface area contributed by atoms with Crippen LogP contribution in [0.15, 0.2) is 12.3 Å². The van der Waals surface area contributed by atoms with Gasteiger partial charge in [0.25, 0.3) is 0 Å². The van der Waals surface area contributed by atoms with Gasteiger partial charge >= 0.3 is 0 Å². The number of likely N-dealkylation sites (tertiary alicyclic amines) is 1. The third-order valence-electron chi connectivity index (χ3n) is 4.96. The zero-order chi connectivity index (χ0) is 15.4. The molecule has 0 aliphatic carbocycles. The summed E-state index contributed by atoms with van der Waals surface area (Å²) in [5.74, 6) is 1.11. The Hall–Kier alpha value is -1.13. The average Bonchev–Trinajstić information content (AvgIpc) is 2.57. The highest BCUT2D eigenvalue weighted by Crippen LogP contribution is 2.33. The summed E-state index contributed by atoms with van der Waals surface area (Å²) in [7, 11) is 0. The van der Waals surface area contributed by atoms with Crippen molar-refractivity contribution in [3.05, 3.63) is 23.4 Å². The van der Waals surface area contributed by atoms with Crippen LogP contribution >= 0.6 is 0 Å². The molecule has 1 aromatic rings. The fraction of sp³-hybridized carbons (Fsp3) is 0.722. The van der Waals surface area contributed by atoms with Gasteiger partial charge in [-0.05, 0) is 56.5 Å². The van der Waals surface area contributed by atoms with Gasteiger partial charge in [-0.15, -0.1) is 0 Å². The van der Waals surface area contributed by atoms with Crippen molar-refractivity contribution in [3.8, 4) is 0 Å². The molecule has 4 heteroatoms. The molecule has 0 saturated carbocycles. The zero-order valence-corrected chi connectivity index (χ0v) is 14.1. The fourth-order valence-electron chi connectivity index (χ4n) is 3.76. The van der Waals surface area contributed by atoms with Crippen molar-refractivity contribution < 1.29 is 4.74 Å². The van der Waals surface area contributed by atoms with Crippen LogP contribution in [-0.4, -0.2) is 49.3 Å². The first-order chi connectivity index (χ1) is 10.8. The fourth-order valence-corrected chi connectivity index (χ4v) is 3.76. The van der Waals surface area contributed by atoms with Gasteiger partial charge in [0.15, 0.2) is 0 Å². The standard InChI is InChI=1S/C18H29N3O/c1-3-7-20-8-5-4-6-17(20)16-14-19-18(13-15(16)2)21-9-11-22-12-10-21/h13-14,17H,3-12H2,1-2H3/t17-/m1/s1. The number of anilines is 1. The van der Waals surface area contributed by atoms with Gasteiger partial charge in [-0.2, -0.15) is 0 Å². The summed E-state index contributed by atoms with van der Waals surface area (Å²) in [6.45, 7) is 10.5. The van der Waals surface area contributed by atoms with Crippen LogP contribution in [0, 0.1) is 6.92 Å². The Balaban J connectivity index is 1.78. The van der Waals surface area contributed by atoms with Crippen molar-refractivity contribution in [3.63, 3.8) is 0 Å². The van der Waals surface area contributed by atoms with E-state index in [1.54, 1.807) is 0 Å². The largest absolute Gasteiger partial charge is 0.378 e. The van der Waals surface area contributed by atoms with Gasteiger partial charge in [-0.1, -0.05) is 13.3 Å². The first-order valence-electron chi connectivity index (χ1n) is 8.83. The summed E-state index contributed by atoms with van der Waals surface area (Å²) < 4.78 is 5.44. The topological polar surface area (TPSA) is 28.6 Å². The van der Waals surface area contributed by atoms with E-state index in [0.29, 0.717) is 6.04 Å². The number of pyridine rings is 1. The summed E-state index contributed by atoms with van der Waals surface area (Å²) in [5, 5.41) is 0. The number of hydrogen-bond donors (Lipinski definition) is 0. The minimum absolute atomic E-state index is 0.569. The first kappa shape index (κ1) is 15.8. The Labute approximate surface area is 134 Å². The van der Waals surface area contributed by atoms with Gasteiger partial charge in [0.05, 0.1) is 13.2 Å². The highest BCUT2D eigenvalue weighted by molar-refractivity contribution is 5.44. The second-order valence-electron chi connectivity index (χ2n) is 6.55. The zero-order valence-electron chi connectivity index (χ0n) is 14.1. The van der Waals surface area contributed by atoms with Gasteiger partial charge in [0.2, 0.25) is 0 Å². The smallest absolute Gasteiger partial charge is 0.128 e. The number of morpholine rings is 1. The van der Waals surface area contributed by atoms with Crippen LogP contribution in [-0.2, 0) is 4.74 Å². The summed E-state index contributed by atoms with van der Waals surface area (Å²) in [6.07, 6.45) is 7.33. The summed E-state index contributed by atoms with van der Waals surface area (Å²) in [4.78, 5) is 9.77. The van der Waals surface area contributed by atoms with E-state index >= 15 is 0 Å². The van der Waals surface area contributed by atoms with Crippen LogP contribution in [0.2, 0.25) is 0 Å². The lowest BCUT2D eigenvalue weighted by atomic mass is 9.93. The maximum Gasteiger partial charge on any atom is 0.128 e. The van der Waals surface area contributed by atoms with E-state index in [9.17, 15) is 0 Å². The molecule has 2 fully saturated rings. The molecule has 0 N–H and O–H groups in total. The third-order valence-corrected chi connectivity index (χ3v) is 4.96. The van der Waals surface area contributed by atoms with E-state index in [2.05, 4.69) is 35.9 Å². The Morgan fingerprint density at radius 2 is 2.05 bits per heavy atom. The molecular weight excluding hydrogens is 274 g/mol. The third kappa shape index (κ3) is 3.44. The Bertz CT molecular complexity index is 483. The molecule has 0 unspecified atom stereocenters. The Morgan fingerprint density at radius 3 is 2.77 bits per heavy atom. The number of rotatable bonds is 4. The molecule has 0 bridgehead atoms. The van der Waals surface area contributed by atoms with E-state index in [0.717, 1.165) is 32.1 Å². The summed E-state index contributed by atoms with van der Waals surface area (Å²) in [6, 6.07) is 2.85. The molecule has 0 amide bonds. The maximum absolute atomic E-state index is 5.44. The molecule has 4 nitrogen and oxygen atoms in total.